The molecule has 3 rings (SSSR count). The quantitative estimate of drug-likeness (QED) is 0.879. The first-order valence-electron chi connectivity index (χ1n) is 7.62. The number of amides is 2. The Kier molecular flexibility index (Phi) is 5.89. The van der Waals surface area contributed by atoms with E-state index in [-0.39, 0.29) is 30.1 Å². The van der Waals surface area contributed by atoms with Gasteiger partial charge in [0.25, 0.3) is 0 Å². The highest BCUT2D eigenvalue weighted by Crippen LogP contribution is 2.27. The molecular formula is C16H21Cl2N3O2. The van der Waals surface area contributed by atoms with E-state index in [4.69, 9.17) is 11.6 Å². The van der Waals surface area contributed by atoms with Gasteiger partial charge in [-0.25, -0.2) is 0 Å². The van der Waals surface area contributed by atoms with Crippen LogP contribution in [-0.4, -0.2) is 48.9 Å². The maximum Gasteiger partial charge on any atom is 0.228 e. The zero-order chi connectivity index (χ0) is 15.7. The zero-order valence-corrected chi connectivity index (χ0v) is 14.6. The van der Waals surface area contributed by atoms with Crippen LogP contribution in [0.5, 0.6) is 0 Å². The van der Waals surface area contributed by atoms with Gasteiger partial charge in [-0.05, 0) is 31.2 Å². The minimum absolute atomic E-state index is 0. The van der Waals surface area contributed by atoms with E-state index in [1.165, 1.54) is 0 Å². The molecule has 1 N–H and O–H groups in total. The maximum atomic E-state index is 12.6. The molecule has 2 atom stereocenters. The molecule has 7 heteroatoms. The highest BCUT2D eigenvalue weighted by atomic mass is 35.5. The van der Waals surface area contributed by atoms with E-state index in [0.29, 0.717) is 30.6 Å². The molecule has 0 radical (unpaired) electrons. The SMILES string of the molecule is CC1CN(C(=O)C2CC(=O)N(c3ccc(Cl)cc3)C2)CCN1.Cl. The average molecular weight is 358 g/mol. The molecule has 0 saturated carbocycles. The molecule has 0 aromatic heterocycles. The van der Waals surface area contributed by atoms with E-state index in [9.17, 15) is 9.59 Å². The fourth-order valence-corrected chi connectivity index (χ4v) is 3.26. The van der Waals surface area contributed by atoms with Gasteiger partial charge in [-0.2, -0.15) is 0 Å². The van der Waals surface area contributed by atoms with Crippen molar-refractivity contribution in [3.05, 3.63) is 29.3 Å². The first-order valence-corrected chi connectivity index (χ1v) is 8.00. The fraction of sp³-hybridized carbons (Fsp3) is 0.500. The smallest absolute Gasteiger partial charge is 0.228 e. The number of benzene rings is 1. The summed E-state index contributed by atoms with van der Waals surface area (Å²) in [6.07, 6.45) is 0.291. The fourth-order valence-electron chi connectivity index (χ4n) is 3.13. The van der Waals surface area contributed by atoms with E-state index >= 15 is 0 Å². The molecule has 2 saturated heterocycles. The van der Waals surface area contributed by atoms with Crippen molar-refractivity contribution in [1.82, 2.24) is 10.2 Å². The molecule has 2 amide bonds. The first-order chi connectivity index (χ1) is 10.5. The Labute approximate surface area is 147 Å². The lowest BCUT2D eigenvalue weighted by atomic mass is 10.1. The Balaban J connectivity index is 0.00000192. The van der Waals surface area contributed by atoms with E-state index in [1.54, 1.807) is 17.0 Å². The van der Waals surface area contributed by atoms with Crippen molar-refractivity contribution in [3.63, 3.8) is 0 Å². The number of hydrogen-bond donors (Lipinski definition) is 1. The Hall–Kier alpha value is -1.30. The van der Waals surface area contributed by atoms with Gasteiger partial charge in [-0.3, -0.25) is 9.59 Å². The molecule has 0 aliphatic carbocycles. The number of nitrogens with one attached hydrogen (secondary N) is 1. The van der Waals surface area contributed by atoms with Gasteiger partial charge in [0.1, 0.15) is 0 Å². The van der Waals surface area contributed by atoms with Gasteiger partial charge in [0.15, 0.2) is 0 Å². The average Bonchev–Trinajstić information content (AvgIpc) is 2.89. The van der Waals surface area contributed by atoms with E-state index in [0.717, 1.165) is 18.8 Å². The van der Waals surface area contributed by atoms with Crippen molar-refractivity contribution in [3.8, 4) is 0 Å². The van der Waals surface area contributed by atoms with Gasteiger partial charge in [0.2, 0.25) is 11.8 Å². The molecule has 126 valence electrons. The number of halogens is 2. The Morgan fingerprint density at radius 1 is 1.26 bits per heavy atom. The highest BCUT2D eigenvalue weighted by molar-refractivity contribution is 6.30. The normalized spacial score (nSPS) is 24.5. The standard InChI is InChI=1S/C16H20ClN3O2.ClH/c1-11-9-19(7-6-18-11)16(22)12-8-15(21)20(10-12)14-4-2-13(17)3-5-14;/h2-5,11-12,18H,6-10H2,1H3;1H. The van der Waals surface area contributed by atoms with E-state index in [2.05, 4.69) is 12.2 Å². The van der Waals surface area contributed by atoms with E-state index < -0.39 is 0 Å². The summed E-state index contributed by atoms with van der Waals surface area (Å²) in [5.41, 5.74) is 0.804. The zero-order valence-electron chi connectivity index (χ0n) is 13.0. The summed E-state index contributed by atoms with van der Waals surface area (Å²) >= 11 is 5.88. The van der Waals surface area contributed by atoms with Crippen LogP contribution in [0.3, 0.4) is 0 Å². The lowest BCUT2D eigenvalue weighted by molar-refractivity contribution is -0.136. The van der Waals surface area contributed by atoms with Crippen molar-refractivity contribution in [2.45, 2.75) is 19.4 Å². The summed E-state index contributed by atoms with van der Waals surface area (Å²) in [5, 5.41) is 3.96. The Bertz CT molecular complexity index is 579. The van der Waals surface area contributed by atoms with Crippen LogP contribution in [0.4, 0.5) is 5.69 Å². The molecule has 2 heterocycles. The second kappa shape index (κ2) is 7.51. The monoisotopic (exact) mass is 357 g/mol. The largest absolute Gasteiger partial charge is 0.340 e. The summed E-state index contributed by atoms with van der Waals surface area (Å²) in [4.78, 5) is 28.4. The second-order valence-electron chi connectivity index (χ2n) is 6.02. The van der Waals surface area contributed by atoms with Crippen molar-refractivity contribution < 1.29 is 9.59 Å². The lowest BCUT2D eigenvalue weighted by Gasteiger charge is -2.33. The van der Waals surface area contributed by atoms with Crippen molar-refractivity contribution in [1.29, 1.82) is 0 Å². The molecule has 0 spiro atoms. The van der Waals surface area contributed by atoms with Crippen molar-refractivity contribution >= 4 is 41.5 Å². The predicted molar refractivity (Wildman–Crippen MR) is 93.2 cm³/mol. The minimum atomic E-state index is -0.242. The van der Waals surface area contributed by atoms with Crippen LogP contribution in [0.25, 0.3) is 0 Å². The number of rotatable bonds is 2. The highest BCUT2D eigenvalue weighted by Gasteiger charge is 2.37. The molecule has 2 unspecified atom stereocenters. The summed E-state index contributed by atoms with van der Waals surface area (Å²) in [6.45, 7) is 4.77. The molecule has 2 aliphatic rings. The third-order valence-corrected chi connectivity index (χ3v) is 4.54. The Morgan fingerprint density at radius 3 is 2.61 bits per heavy atom. The molecule has 0 bridgehead atoms. The number of hydrogen-bond acceptors (Lipinski definition) is 3. The van der Waals surface area contributed by atoms with Crippen LogP contribution in [0.1, 0.15) is 13.3 Å². The predicted octanol–water partition coefficient (Wildman–Crippen LogP) is 1.94. The van der Waals surface area contributed by atoms with Crippen LogP contribution in [0.15, 0.2) is 24.3 Å². The molecule has 23 heavy (non-hydrogen) atoms. The third kappa shape index (κ3) is 3.97. The molecule has 5 nitrogen and oxygen atoms in total. The van der Waals surface area contributed by atoms with Gasteiger partial charge in [0.05, 0.1) is 5.92 Å². The van der Waals surface area contributed by atoms with Crippen LogP contribution in [-0.2, 0) is 9.59 Å². The molecule has 2 fully saturated rings. The number of piperazine rings is 1. The third-order valence-electron chi connectivity index (χ3n) is 4.29. The van der Waals surface area contributed by atoms with Crippen LogP contribution in [0, 0.1) is 5.92 Å². The van der Waals surface area contributed by atoms with Gasteiger partial charge in [-0.15, -0.1) is 12.4 Å². The molecule has 1 aromatic rings. The summed E-state index contributed by atoms with van der Waals surface area (Å²) in [5.74, 6) is -0.143. The lowest BCUT2D eigenvalue weighted by Crippen LogP contribution is -2.53. The summed E-state index contributed by atoms with van der Waals surface area (Å²) < 4.78 is 0. The first kappa shape index (κ1) is 18.0. The molecular weight excluding hydrogens is 337 g/mol. The maximum absolute atomic E-state index is 12.6. The van der Waals surface area contributed by atoms with E-state index in [1.807, 2.05) is 17.0 Å². The van der Waals surface area contributed by atoms with Gasteiger partial charge in [0, 0.05) is 49.4 Å². The molecule has 2 aliphatic heterocycles. The van der Waals surface area contributed by atoms with Crippen LogP contribution >= 0.6 is 24.0 Å². The van der Waals surface area contributed by atoms with Gasteiger partial charge < -0.3 is 15.1 Å². The second-order valence-corrected chi connectivity index (χ2v) is 6.46. The minimum Gasteiger partial charge on any atom is -0.340 e. The number of carbonyl (C=O) groups excluding carboxylic acids is 2. The molecule has 1 aromatic carbocycles. The Morgan fingerprint density at radius 2 is 1.96 bits per heavy atom. The van der Waals surface area contributed by atoms with Gasteiger partial charge in [-0.1, -0.05) is 11.6 Å². The van der Waals surface area contributed by atoms with Crippen molar-refractivity contribution in [2.75, 3.05) is 31.1 Å². The topological polar surface area (TPSA) is 52.7 Å². The van der Waals surface area contributed by atoms with Crippen molar-refractivity contribution in [2.24, 2.45) is 5.92 Å². The number of anilines is 1. The number of nitrogens with zero attached hydrogens (tertiary/aromatic N) is 2. The van der Waals surface area contributed by atoms with Crippen LogP contribution < -0.4 is 10.2 Å². The summed E-state index contributed by atoms with van der Waals surface area (Å²) in [7, 11) is 0. The number of carbonyl (C=O) groups is 2. The summed E-state index contributed by atoms with van der Waals surface area (Å²) in [6, 6.07) is 7.47. The van der Waals surface area contributed by atoms with Crippen LogP contribution in [0.2, 0.25) is 5.02 Å². The van der Waals surface area contributed by atoms with Gasteiger partial charge >= 0.3 is 0 Å².